The molecule has 1 amide bonds. The van der Waals surface area contributed by atoms with Gasteiger partial charge in [-0.2, -0.15) is 0 Å². The lowest BCUT2D eigenvalue weighted by molar-refractivity contribution is -0.121. The third-order valence-electron chi connectivity index (χ3n) is 6.20. The van der Waals surface area contributed by atoms with Crippen molar-refractivity contribution >= 4 is 39.8 Å². The molecular formula is C27H35N5O3S2. The number of benzene rings is 1. The van der Waals surface area contributed by atoms with Gasteiger partial charge in [0.25, 0.3) is 0 Å². The fraction of sp³-hybridized carbons (Fsp3) is 0.444. The quantitative estimate of drug-likeness (QED) is 0.176. The molecule has 1 atom stereocenters. The Morgan fingerprint density at radius 2 is 2.00 bits per heavy atom. The molecule has 198 valence electrons. The predicted molar refractivity (Wildman–Crippen MR) is 150 cm³/mol. The maximum absolute atomic E-state index is 12.8. The normalized spacial score (nSPS) is 15.9. The van der Waals surface area contributed by atoms with Crippen LogP contribution in [-0.4, -0.2) is 45.2 Å². The SMILES string of the molecule is C=CC(O)Nc1ccc(CN2CCC(C(=O)Nc3ncc(SCc4ncc(C(C)(C)C)o4)s3)CC2)cc1. The summed E-state index contributed by atoms with van der Waals surface area (Å²) in [6, 6.07) is 8.02. The number of likely N-dealkylation sites (tertiary alicyclic amines) is 1. The number of nitrogens with one attached hydrogen (secondary N) is 2. The molecule has 3 aromatic rings. The smallest absolute Gasteiger partial charge is 0.229 e. The van der Waals surface area contributed by atoms with E-state index in [0.29, 0.717) is 16.8 Å². The number of hydrogen-bond acceptors (Lipinski definition) is 9. The van der Waals surface area contributed by atoms with E-state index >= 15 is 0 Å². The number of hydrogen-bond donors (Lipinski definition) is 3. The van der Waals surface area contributed by atoms with E-state index in [1.807, 2.05) is 12.1 Å². The van der Waals surface area contributed by atoms with Crippen LogP contribution in [0.4, 0.5) is 10.8 Å². The lowest BCUT2D eigenvalue weighted by atomic mass is 9.94. The first-order chi connectivity index (χ1) is 17.7. The van der Waals surface area contributed by atoms with Gasteiger partial charge in [-0.15, -0.1) is 11.8 Å². The van der Waals surface area contributed by atoms with Crippen LogP contribution in [0, 0.1) is 5.92 Å². The Morgan fingerprint density at radius 3 is 2.65 bits per heavy atom. The second-order valence-electron chi connectivity index (χ2n) is 10.2. The lowest BCUT2D eigenvalue weighted by Crippen LogP contribution is -2.37. The molecule has 4 rings (SSSR count). The van der Waals surface area contributed by atoms with Crippen molar-refractivity contribution in [3.63, 3.8) is 0 Å². The van der Waals surface area contributed by atoms with Crippen molar-refractivity contribution in [1.82, 2.24) is 14.9 Å². The summed E-state index contributed by atoms with van der Waals surface area (Å²) in [5.41, 5.74) is 1.99. The van der Waals surface area contributed by atoms with E-state index in [1.165, 1.54) is 23.0 Å². The molecule has 1 unspecified atom stereocenters. The maximum atomic E-state index is 12.8. The number of aromatic nitrogens is 2. The number of thiazole rings is 1. The van der Waals surface area contributed by atoms with Gasteiger partial charge in [0, 0.05) is 23.6 Å². The number of carbonyl (C=O) groups excluding carboxylic acids is 1. The van der Waals surface area contributed by atoms with Crippen LogP contribution in [0.3, 0.4) is 0 Å². The molecule has 0 radical (unpaired) electrons. The van der Waals surface area contributed by atoms with Crippen molar-refractivity contribution < 1.29 is 14.3 Å². The molecule has 0 spiro atoms. The molecule has 1 aromatic carbocycles. The maximum Gasteiger partial charge on any atom is 0.229 e. The van der Waals surface area contributed by atoms with E-state index in [1.54, 1.807) is 24.2 Å². The van der Waals surface area contributed by atoms with Gasteiger partial charge in [0.05, 0.1) is 22.4 Å². The molecule has 1 fully saturated rings. The van der Waals surface area contributed by atoms with Crippen LogP contribution in [0.25, 0.3) is 0 Å². The van der Waals surface area contributed by atoms with E-state index in [0.717, 1.165) is 48.1 Å². The van der Waals surface area contributed by atoms with E-state index in [2.05, 4.69) is 65.0 Å². The number of nitrogens with zero attached hydrogens (tertiary/aromatic N) is 3. The second-order valence-corrected chi connectivity index (χ2v) is 12.5. The summed E-state index contributed by atoms with van der Waals surface area (Å²) >= 11 is 3.09. The van der Waals surface area contributed by atoms with Crippen LogP contribution in [0.15, 0.2) is 57.9 Å². The predicted octanol–water partition coefficient (Wildman–Crippen LogP) is 5.49. The first-order valence-electron chi connectivity index (χ1n) is 12.4. The highest BCUT2D eigenvalue weighted by atomic mass is 32.2. The molecule has 1 aliphatic rings. The molecule has 1 aliphatic heterocycles. The van der Waals surface area contributed by atoms with Crippen LogP contribution >= 0.6 is 23.1 Å². The summed E-state index contributed by atoms with van der Waals surface area (Å²) in [5, 5.41) is 16.2. The first kappa shape index (κ1) is 27.4. The molecule has 10 heteroatoms. The van der Waals surface area contributed by atoms with Crippen molar-refractivity contribution in [2.75, 3.05) is 23.7 Å². The summed E-state index contributed by atoms with van der Waals surface area (Å²) < 4.78 is 6.87. The van der Waals surface area contributed by atoms with E-state index in [9.17, 15) is 9.90 Å². The zero-order chi connectivity index (χ0) is 26.4. The van der Waals surface area contributed by atoms with Crippen molar-refractivity contribution in [2.45, 2.75) is 61.8 Å². The van der Waals surface area contributed by atoms with Crippen LogP contribution in [-0.2, 0) is 22.5 Å². The number of rotatable bonds is 10. The Kier molecular flexibility index (Phi) is 9.07. The van der Waals surface area contributed by atoms with Gasteiger partial charge in [0.1, 0.15) is 12.0 Å². The number of anilines is 2. The minimum Gasteiger partial charge on any atom is -0.444 e. The van der Waals surface area contributed by atoms with Crippen LogP contribution < -0.4 is 10.6 Å². The number of thioether (sulfide) groups is 1. The van der Waals surface area contributed by atoms with Gasteiger partial charge in [-0.25, -0.2) is 9.97 Å². The lowest BCUT2D eigenvalue weighted by Gasteiger charge is -2.31. The topological polar surface area (TPSA) is 104 Å². The Balaban J connectivity index is 1.19. The van der Waals surface area contributed by atoms with Crippen LogP contribution in [0.5, 0.6) is 0 Å². The van der Waals surface area contributed by atoms with Gasteiger partial charge in [-0.05, 0) is 49.7 Å². The first-order valence-corrected chi connectivity index (χ1v) is 14.2. The minimum absolute atomic E-state index is 0.00800. The van der Waals surface area contributed by atoms with Crippen molar-refractivity contribution in [3.05, 3.63) is 66.5 Å². The number of carbonyl (C=O) groups is 1. The van der Waals surface area contributed by atoms with Gasteiger partial charge < -0.3 is 20.2 Å². The average molecular weight is 542 g/mol. The Morgan fingerprint density at radius 1 is 1.27 bits per heavy atom. The second kappa shape index (κ2) is 12.3. The monoisotopic (exact) mass is 541 g/mol. The van der Waals surface area contributed by atoms with E-state index in [-0.39, 0.29) is 17.2 Å². The molecule has 3 heterocycles. The molecule has 37 heavy (non-hydrogen) atoms. The summed E-state index contributed by atoms with van der Waals surface area (Å²) in [4.78, 5) is 24.0. The minimum atomic E-state index is -0.758. The van der Waals surface area contributed by atoms with Crippen molar-refractivity contribution in [2.24, 2.45) is 5.92 Å². The number of amides is 1. The van der Waals surface area contributed by atoms with E-state index < -0.39 is 6.23 Å². The zero-order valence-electron chi connectivity index (χ0n) is 21.6. The van der Waals surface area contributed by atoms with E-state index in [4.69, 9.17) is 4.42 Å². The molecule has 3 N–H and O–H groups in total. The van der Waals surface area contributed by atoms with Gasteiger partial charge in [-0.1, -0.05) is 50.8 Å². The van der Waals surface area contributed by atoms with Crippen LogP contribution in [0.1, 0.15) is 50.8 Å². The number of aliphatic hydroxyl groups excluding tert-OH is 1. The van der Waals surface area contributed by atoms with Gasteiger partial charge in [0.15, 0.2) is 5.13 Å². The number of aliphatic hydroxyl groups is 1. The fourth-order valence-electron chi connectivity index (χ4n) is 4.00. The largest absolute Gasteiger partial charge is 0.444 e. The Bertz CT molecular complexity index is 1180. The Labute approximate surface area is 226 Å². The molecule has 0 bridgehead atoms. The third kappa shape index (κ3) is 7.91. The molecule has 8 nitrogen and oxygen atoms in total. The highest BCUT2D eigenvalue weighted by Crippen LogP contribution is 2.32. The third-order valence-corrected chi connectivity index (χ3v) is 8.29. The van der Waals surface area contributed by atoms with Gasteiger partial charge >= 0.3 is 0 Å². The number of piperidine rings is 1. The summed E-state index contributed by atoms with van der Waals surface area (Å²) in [6.45, 7) is 12.4. The summed E-state index contributed by atoms with van der Waals surface area (Å²) in [5.74, 6) is 2.23. The molecule has 0 saturated carbocycles. The number of oxazole rings is 1. The van der Waals surface area contributed by atoms with Crippen molar-refractivity contribution in [3.8, 4) is 0 Å². The molecule has 1 saturated heterocycles. The Hall–Kier alpha value is -2.66. The molecule has 2 aromatic heterocycles. The molecular weight excluding hydrogens is 506 g/mol. The zero-order valence-corrected chi connectivity index (χ0v) is 23.2. The highest BCUT2D eigenvalue weighted by molar-refractivity contribution is 8.00. The van der Waals surface area contributed by atoms with Crippen LogP contribution in [0.2, 0.25) is 0 Å². The standard InChI is InChI=1S/C27H35N5O3S2/c1-5-22(33)30-20-8-6-18(7-9-20)16-32-12-10-19(11-13-32)25(34)31-26-29-15-24(37-26)36-17-23-28-14-21(35-23)27(2,3)4/h5-9,14-15,19,22,30,33H,1,10-13,16-17H2,2-4H3,(H,29,31,34). The summed E-state index contributed by atoms with van der Waals surface area (Å²) in [6.07, 6.45) is 5.92. The average Bonchev–Trinajstić information content (AvgIpc) is 3.54. The summed E-state index contributed by atoms with van der Waals surface area (Å²) in [7, 11) is 0. The highest BCUT2D eigenvalue weighted by Gasteiger charge is 2.26. The fourth-order valence-corrected chi connectivity index (χ4v) is 5.72. The van der Waals surface area contributed by atoms with Crippen molar-refractivity contribution in [1.29, 1.82) is 0 Å². The van der Waals surface area contributed by atoms with Gasteiger partial charge in [0.2, 0.25) is 11.8 Å². The van der Waals surface area contributed by atoms with Gasteiger partial charge in [-0.3, -0.25) is 9.69 Å². The molecule has 0 aliphatic carbocycles.